The number of nitrogens with zero attached hydrogens (tertiary/aromatic N) is 3. The van der Waals surface area contributed by atoms with Crippen LogP contribution in [0.25, 0.3) is 0 Å². The Morgan fingerprint density at radius 3 is 2.56 bits per heavy atom. The number of sulfonamides is 1. The van der Waals surface area contributed by atoms with Gasteiger partial charge in [-0.25, -0.2) is 12.7 Å². The van der Waals surface area contributed by atoms with Crippen molar-refractivity contribution in [3.63, 3.8) is 0 Å². The van der Waals surface area contributed by atoms with Gasteiger partial charge in [-0.15, -0.1) is 0 Å². The fraction of sp³-hybridized carbons (Fsp3) is 0.941. The maximum absolute atomic E-state index is 11.8. The monoisotopic (exact) mass is 375 g/mol. The highest BCUT2D eigenvalue weighted by Gasteiger charge is 2.27. The summed E-state index contributed by atoms with van der Waals surface area (Å²) in [6, 6.07) is 0.337. The molecule has 1 aliphatic heterocycles. The second-order valence-electron chi connectivity index (χ2n) is 6.54. The van der Waals surface area contributed by atoms with Crippen LogP contribution in [0.15, 0.2) is 4.99 Å². The van der Waals surface area contributed by atoms with Crippen LogP contribution in [-0.2, 0) is 10.0 Å². The molecule has 0 aromatic heterocycles. The quantitative estimate of drug-likeness (QED) is 0.418. The molecule has 8 heteroatoms. The first-order chi connectivity index (χ1) is 11.9. The molecule has 1 unspecified atom stereocenters. The Labute approximate surface area is 154 Å². The van der Waals surface area contributed by atoms with Crippen LogP contribution in [0.5, 0.6) is 0 Å². The topological polar surface area (TPSA) is 77.0 Å². The number of hydrogen-bond donors (Lipinski definition) is 2. The van der Waals surface area contributed by atoms with Crippen molar-refractivity contribution in [1.29, 1.82) is 0 Å². The molecule has 1 heterocycles. The van der Waals surface area contributed by atoms with E-state index in [1.54, 1.807) is 4.31 Å². The van der Waals surface area contributed by atoms with Crippen molar-refractivity contribution in [2.24, 2.45) is 4.99 Å². The summed E-state index contributed by atoms with van der Waals surface area (Å²) in [7, 11) is -3.03. The van der Waals surface area contributed by atoms with Gasteiger partial charge in [0, 0.05) is 25.7 Å². The molecule has 148 valence electrons. The molecule has 0 saturated carbocycles. The predicted octanol–water partition coefficient (Wildman–Crippen LogP) is 1.09. The van der Waals surface area contributed by atoms with E-state index >= 15 is 0 Å². The molecule has 0 aliphatic carbocycles. The van der Waals surface area contributed by atoms with Crippen LogP contribution in [-0.4, -0.2) is 81.2 Å². The molecule has 2 N–H and O–H groups in total. The maximum Gasteiger partial charge on any atom is 0.214 e. The zero-order valence-corrected chi connectivity index (χ0v) is 17.2. The minimum Gasteiger partial charge on any atom is -0.357 e. The Hall–Kier alpha value is -0.860. The minimum absolute atomic E-state index is 0.276. The molecule has 0 radical (unpaired) electrons. The number of aliphatic imine (C=N–C) groups is 1. The number of nitrogens with one attached hydrogen (secondary N) is 2. The molecule has 7 nitrogen and oxygen atoms in total. The SMILES string of the molecule is CCNC(=NCCN1CCCS1(=O)=O)NC(C)CCCN(CC)CC. The van der Waals surface area contributed by atoms with Gasteiger partial charge >= 0.3 is 0 Å². The fourth-order valence-electron chi connectivity index (χ4n) is 3.00. The lowest BCUT2D eigenvalue weighted by atomic mass is 10.2. The van der Waals surface area contributed by atoms with E-state index in [0.29, 0.717) is 25.7 Å². The molecular weight excluding hydrogens is 338 g/mol. The van der Waals surface area contributed by atoms with Gasteiger partial charge in [0.2, 0.25) is 10.0 Å². The van der Waals surface area contributed by atoms with Crippen LogP contribution in [0, 0.1) is 0 Å². The molecule has 0 bridgehead atoms. The van der Waals surface area contributed by atoms with E-state index in [9.17, 15) is 8.42 Å². The van der Waals surface area contributed by atoms with Crippen LogP contribution in [0.3, 0.4) is 0 Å². The average molecular weight is 376 g/mol. The fourth-order valence-corrected chi connectivity index (χ4v) is 4.52. The van der Waals surface area contributed by atoms with Gasteiger partial charge in [0.25, 0.3) is 0 Å². The van der Waals surface area contributed by atoms with Crippen molar-refractivity contribution in [2.45, 2.75) is 53.0 Å². The van der Waals surface area contributed by atoms with E-state index in [1.807, 2.05) is 6.92 Å². The molecule has 0 spiro atoms. The summed E-state index contributed by atoms with van der Waals surface area (Å²) in [5, 5.41) is 6.67. The summed E-state index contributed by atoms with van der Waals surface area (Å²) in [6.45, 7) is 14.3. The molecule has 0 aromatic rings. The Bertz CT molecular complexity index is 491. The first kappa shape index (κ1) is 22.2. The zero-order valence-electron chi connectivity index (χ0n) is 16.4. The van der Waals surface area contributed by atoms with Gasteiger partial charge in [-0.05, 0) is 52.7 Å². The van der Waals surface area contributed by atoms with E-state index in [0.717, 1.165) is 51.4 Å². The van der Waals surface area contributed by atoms with E-state index in [2.05, 4.69) is 41.3 Å². The van der Waals surface area contributed by atoms with Gasteiger partial charge in [0.05, 0.1) is 12.3 Å². The van der Waals surface area contributed by atoms with E-state index < -0.39 is 10.0 Å². The van der Waals surface area contributed by atoms with Gasteiger partial charge < -0.3 is 15.5 Å². The van der Waals surface area contributed by atoms with Gasteiger partial charge in [-0.3, -0.25) is 4.99 Å². The minimum atomic E-state index is -3.03. The predicted molar refractivity (Wildman–Crippen MR) is 106 cm³/mol. The van der Waals surface area contributed by atoms with Crippen LogP contribution < -0.4 is 10.6 Å². The summed E-state index contributed by atoms with van der Waals surface area (Å²) in [5.41, 5.74) is 0. The third-order valence-corrected chi connectivity index (χ3v) is 6.51. The number of rotatable bonds is 11. The van der Waals surface area contributed by atoms with Crippen molar-refractivity contribution in [3.8, 4) is 0 Å². The van der Waals surface area contributed by atoms with Crippen LogP contribution >= 0.6 is 0 Å². The van der Waals surface area contributed by atoms with Gasteiger partial charge in [-0.1, -0.05) is 13.8 Å². The highest BCUT2D eigenvalue weighted by Crippen LogP contribution is 2.12. The maximum atomic E-state index is 11.8. The Kier molecular flexibility index (Phi) is 10.4. The summed E-state index contributed by atoms with van der Waals surface area (Å²) < 4.78 is 25.2. The van der Waals surface area contributed by atoms with Crippen molar-refractivity contribution in [2.75, 3.05) is 51.6 Å². The molecule has 1 atom stereocenters. The third kappa shape index (κ3) is 8.37. The van der Waals surface area contributed by atoms with E-state index in [-0.39, 0.29) is 5.75 Å². The van der Waals surface area contributed by atoms with Crippen molar-refractivity contribution < 1.29 is 8.42 Å². The zero-order chi connectivity index (χ0) is 18.7. The Balaban J connectivity index is 2.39. The molecule has 25 heavy (non-hydrogen) atoms. The van der Waals surface area contributed by atoms with E-state index in [1.165, 1.54) is 0 Å². The van der Waals surface area contributed by atoms with Gasteiger partial charge in [-0.2, -0.15) is 0 Å². The lowest BCUT2D eigenvalue weighted by molar-refractivity contribution is 0.292. The Morgan fingerprint density at radius 2 is 2.00 bits per heavy atom. The average Bonchev–Trinajstić information content (AvgIpc) is 2.90. The first-order valence-corrected chi connectivity index (χ1v) is 11.3. The molecule has 1 aliphatic rings. The molecule has 1 fully saturated rings. The lowest BCUT2D eigenvalue weighted by Crippen LogP contribution is -2.43. The van der Waals surface area contributed by atoms with Crippen molar-refractivity contribution in [1.82, 2.24) is 19.8 Å². The smallest absolute Gasteiger partial charge is 0.214 e. The Morgan fingerprint density at radius 1 is 1.28 bits per heavy atom. The second kappa shape index (κ2) is 11.7. The lowest BCUT2D eigenvalue weighted by Gasteiger charge is -2.21. The van der Waals surface area contributed by atoms with Gasteiger partial charge in [0.15, 0.2) is 5.96 Å². The first-order valence-electron chi connectivity index (χ1n) is 9.67. The molecule has 1 rings (SSSR count). The van der Waals surface area contributed by atoms with Crippen molar-refractivity contribution >= 4 is 16.0 Å². The normalized spacial score (nSPS) is 19.3. The van der Waals surface area contributed by atoms with Crippen LogP contribution in [0.2, 0.25) is 0 Å². The van der Waals surface area contributed by atoms with Crippen molar-refractivity contribution in [3.05, 3.63) is 0 Å². The van der Waals surface area contributed by atoms with Crippen LogP contribution in [0.1, 0.15) is 47.0 Å². The molecule has 0 amide bonds. The highest BCUT2D eigenvalue weighted by molar-refractivity contribution is 7.89. The number of hydrogen-bond acceptors (Lipinski definition) is 4. The van der Waals surface area contributed by atoms with Crippen LogP contribution in [0.4, 0.5) is 0 Å². The molecule has 1 saturated heterocycles. The molecule has 0 aromatic carbocycles. The second-order valence-corrected chi connectivity index (χ2v) is 8.63. The highest BCUT2D eigenvalue weighted by atomic mass is 32.2. The summed E-state index contributed by atoms with van der Waals surface area (Å²) >= 11 is 0. The summed E-state index contributed by atoms with van der Waals surface area (Å²) in [5.74, 6) is 1.05. The summed E-state index contributed by atoms with van der Waals surface area (Å²) in [6.07, 6.45) is 2.97. The number of guanidine groups is 1. The third-order valence-electron chi connectivity index (χ3n) is 4.56. The summed E-state index contributed by atoms with van der Waals surface area (Å²) in [4.78, 5) is 6.97. The standard InChI is InChI=1S/C17H37N5O2S/c1-5-18-17(19-11-14-22-13-9-15-25(22,23)24)20-16(4)10-8-12-21(6-2)7-3/h16H,5-15H2,1-4H3,(H2,18,19,20). The van der Waals surface area contributed by atoms with Gasteiger partial charge in [0.1, 0.15) is 0 Å². The van der Waals surface area contributed by atoms with E-state index in [4.69, 9.17) is 0 Å². The molecular formula is C17H37N5O2S. The largest absolute Gasteiger partial charge is 0.357 e.